The predicted molar refractivity (Wildman–Crippen MR) is 29.9 cm³/mol. The van der Waals surface area contributed by atoms with Crippen molar-refractivity contribution >= 4 is 0 Å². The normalized spacial score (nSPS) is 18.9. The SMILES string of the molecule is C[C@H](N)C[C@@H](C)O. The molecule has 0 bridgehead atoms. The van der Waals surface area contributed by atoms with Crippen LogP contribution in [0.2, 0.25) is 0 Å². The lowest BCUT2D eigenvalue weighted by atomic mass is 10.2. The molecule has 0 unspecified atom stereocenters. The lowest BCUT2D eigenvalue weighted by Gasteiger charge is -2.05. The molecule has 0 saturated carbocycles. The van der Waals surface area contributed by atoms with E-state index in [0.717, 1.165) is 0 Å². The van der Waals surface area contributed by atoms with Gasteiger partial charge in [0.2, 0.25) is 0 Å². The highest BCUT2D eigenvalue weighted by Gasteiger charge is 1.97. The number of aliphatic hydroxyl groups excluding tert-OH is 1. The molecule has 0 aromatic rings. The lowest BCUT2D eigenvalue weighted by molar-refractivity contribution is 0.177. The van der Waals surface area contributed by atoms with Crippen LogP contribution in [0.5, 0.6) is 0 Å². The number of rotatable bonds is 2. The molecule has 0 heterocycles. The zero-order chi connectivity index (χ0) is 5.86. The van der Waals surface area contributed by atoms with Crippen molar-refractivity contribution in [1.29, 1.82) is 0 Å². The molecule has 44 valence electrons. The standard InChI is InChI=1S/C5H13NO/c1-4(6)3-5(2)7/h4-5,7H,3,6H2,1-2H3/t4-,5+/m0/s1. The van der Waals surface area contributed by atoms with Gasteiger partial charge in [-0.3, -0.25) is 0 Å². The summed E-state index contributed by atoms with van der Waals surface area (Å²) in [5.74, 6) is 0. The fourth-order valence-corrected chi connectivity index (χ4v) is 0.538. The van der Waals surface area contributed by atoms with Crippen LogP contribution in [0.3, 0.4) is 0 Å². The van der Waals surface area contributed by atoms with Crippen LogP contribution in [0, 0.1) is 0 Å². The van der Waals surface area contributed by atoms with Gasteiger partial charge in [0.25, 0.3) is 0 Å². The minimum Gasteiger partial charge on any atom is -0.393 e. The first kappa shape index (κ1) is 6.92. The molecule has 0 spiro atoms. The maximum atomic E-state index is 8.64. The van der Waals surface area contributed by atoms with Crippen LogP contribution in [0.4, 0.5) is 0 Å². The van der Waals surface area contributed by atoms with Crippen molar-refractivity contribution in [2.45, 2.75) is 32.4 Å². The Kier molecular flexibility index (Phi) is 2.96. The third kappa shape index (κ3) is 5.92. The maximum Gasteiger partial charge on any atom is 0.0526 e. The van der Waals surface area contributed by atoms with Gasteiger partial charge >= 0.3 is 0 Å². The first-order chi connectivity index (χ1) is 3.13. The fraction of sp³-hybridized carbons (Fsp3) is 1.00. The number of hydrogen-bond donors (Lipinski definition) is 2. The van der Waals surface area contributed by atoms with Gasteiger partial charge in [0.1, 0.15) is 0 Å². The van der Waals surface area contributed by atoms with Crippen LogP contribution in [-0.4, -0.2) is 17.3 Å². The van der Waals surface area contributed by atoms with Gasteiger partial charge in [-0.1, -0.05) is 0 Å². The van der Waals surface area contributed by atoms with Gasteiger partial charge in [-0.05, 0) is 20.3 Å². The molecule has 0 rings (SSSR count). The zero-order valence-corrected chi connectivity index (χ0v) is 4.89. The fourth-order valence-electron chi connectivity index (χ4n) is 0.538. The third-order valence-corrected chi connectivity index (χ3v) is 0.713. The highest BCUT2D eigenvalue weighted by Crippen LogP contribution is 1.91. The average molecular weight is 103 g/mol. The zero-order valence-electron chi connectivity index (χ0n) is 4.89. The number of aliphatic hydroxyl groups is 1. The van der Waals surface area contributed by atoms with E-state index in [1.165, 1.54) is 0 Å². The predicted octanol–water partition coefficient (Wildman–Crippen LogP) is 0.105. The Balaban J connectivity index is 2.95. The largest absolute Gasteiger partial charge is 0.393 e. The molecule has 0 saturated heterocycles. The number of hydrogen-bond acceptors (Lipinski definition) is 2. The Bertz CT molecular complexity index is 37.3. The second-order valence-electron chi connectivity index (χ2n) is 2.06. The van der Waals surface area contributed by atoms with Crippen LogP contribution in [0.25, 0.3) is 0 Å². The van der Waals surface area contributed by atoms with Gasteiger partial charge in [0.05, 0.1) is 6.10 Å². The second-order valence-corrected chi connectivity index (χ2v) is 2.06. The van der Waals surface area contributed by atoms with E-state index in [9.17, 15) is 0 Å². The topological polar surface area (TPSA) is 46.2 Å². The molecule has 7 heavy (non-hydrogen) atoms. The molecule has 2 heteroatoms. The molecular formula is C5H13NO. The molecule has 0 aromatic heterocycles. The van der Waals surface area contributed by atoms with Gasteiger partial charge in [0.15, 0.2) is 0 Å². The minimum absolute atomic E-state index is 0.125. The van der Waals surface area contributed by atoms with E-state index in [-0.39, 0.29) is 12.1 Å². The van der Waals surface area contributed by atoms with Gasteiger partial charge in [-0.2, -0.15) is 0 Å². The first-order valence-electron chi connectivity index (χ1n) is 2.56. The van der Waals surface area contributed by atoms with Crippen molar-refractivity contribution in [3.63, 3.8) is 0 Å². The van der Waals surface area contributed by atoms with Crippen molar-refractivity contribution in [2.24, 2.45) is 5.73 Å². The molecule has 2 atom stereocenters. The Morgan fingerprint density at radius 2 is 2.00 bits per heavy atom. The molecule has 0 aliphatic rings. The third-order valence-electron chi connectivity index (χ3n) is 0.713. The Morgan fingerprint density at radius 3 is 2.00 bits per heavy atom. The van der Waals surface area contributed by atoms with E-state index in [1.54, 1.807) is 6.92 Å². The lowest BCUT2D eigenvalue weighted by Crippen LogP contribution is -2.20. The van der Waals surface area contributed by atoms with E-state index in [4.69, 9.17) is 10.8 Å². The Hall–Kier alpha value is -0.0800. The summed E-state index contributed by atoms with van der Waals surface area (Å²) in [4.78, 5) is 0. The molecule has 0 radical (unpaired) electrons. The van der Waals surface area contributed by atoms with E-state index in [0.29, 0.717) is 6.42 Å². The van der Waals surface area contributed by atoms with Crippen LogP contribution < -0.4 is 5.73 Å². The van der Waals surface area contributed by atoms with Crippen LogP contribution >= 0.6 is 0 Å². The van der Waals surface area contributed by atoms with E-state index >= 15 is 0 Å². The second kappa shape index (κ2) is 2.99. The summed E-state index contributed by atoms with van der Waals surface area (Å²) in [7, 11) is 0. The summed E-state index contributed by atoms with van der Waals surface area (Å²) in [6.07, 6.45) is 0.444. The van der Waals surface area contributed by atoms with Crippen molar-refractivity contribution in [3.05, 3.63) is 0 Å². The van der Waals surface area contributed by atoms with Crippen molar-refractivity contribution < 1.29 is 5.11 Å². The molecule has 2 nitrogen and oxygen atoms in total. The van der Waals surface area contributed by atoms with Gasteiger partial charge < -0.3 is 10.8 Å². The summed E-state index contributed by atoms with van der Waals surface area (Å²) < 4.78 is 0. The van der Waals surface area contributed by atoms with Crippen molar-refractivity contribution in [1.82, 2.24) is 0 Å². The summed E-state index contributed by atoms with van der Waals surface area (Å²) in [5.41, 5.74) is 5.33. The maximum absolute atomic E-state index is 8.64. The highest BCUT2D eigenvalue weighted by molar-refractivity contribution is 4.56. The van der Waals surface area contributed by atoms with Crippen LogP contribution in [0.1, 0.15) is 20.3 Å². The summed E-state index contributed by atoms with van der Waals surface area (Å²) in [6, 6.07) is 0.125. The molecule has 0 aromatic carbocycles. The average Bonchev–Trinajstić information content (AvgIpc) is 1.27. The molecular weight excluding hydrogens is 90.1 g/mol. The van der Waals surface area contributed by atoms with E-state index in [1.807, 2.05) is 6.92 Å². The smallest absolute Gasteiger partial charge is 0.0526 e. The Labute approximate surface area is 44.3 Å². The summed E-state index contributed by atoms with van der Waals surface area (Å²) >= 11 is 0. The van der Waals surface area contributed by atoms with E-state index in [2.05, 4.69) is 0 Å². The molecule has 3 N–H and O–H groups in total. The highest BCUT2D eigenvalue weighted by atomic mass is 16.3. The molecule has 0 aliphatic carbocycles. The van der Waals surface area contributed by atoms with Gasteiger partial charge in [-0.15, -0.1) is 0 Å². The van der Waals surface area contributed by atoms with Gasteiger partial charge in [-0.25, -0.2) is 0 Å². The first-order valence-corrected chi connectivity index (χ1v) is 2.56. The number of nitrogens with two attached hydrogens (primary N) is 1. The van der Waals surface area contributed by atoms with Crippen LogP contribution in [-0.2, 0) is 0 Å². The van der Waals surface area contributed by atoms with Crippen molar-refractivity contribution in [3.8, 4) is 0 Å². The summed E-state index contributed by atoms with van der Waals surface area (Å²) in [6.45, 7) is 3.62. The van der Waals surface area contributed by atoms with Crippen LogP contribution in [0.15, 0.2) is 0 Å². The van der Waals surface area contributed by atoms with Gasteiger partial charge in [0, 0.05) is 6.04 Å². The monoisotopic (exact) mass is 103 g/mol. The Morgan fingerprint density at radius 1 is 1.57 bits per heavy atom. The molecule has 0 aliphatic heterocycles. The van der Waals surface area contributed by atoms with E-state index < -0.39 is 0 Å². The summed E-state index contributed by atoms with van der Waals surface area (Å²) in [5, 5.41) is 8.64. The minimum atomic E-state index is -0.250. The van der Waals surface area contributed by atoms with Crippen molar-refractivity contribution in [2.75, 3.05) is 0 Å². The molecule has 0 amide bonds. The molecule has 0 fully saturated rings. The quantitative estimate of drug-likeness (QED) is 0.521.